The number of hydrogen-bond donors (Lipinski definition) is 1. The van der Waals surface area contributed by atoms with Crippen molar-refractivity contribution >= 4 is 11.9 Å². The number of carbonyl (C=O) groups excluding carboxylic acids is 2. The average molecular weight is 515 g/mol. The Kier molecular flexibility index (Phi) is 12.3. The zero-order valence-electron chi connectivity index (χ0n) is 21.1. The predicted molar refractivity (Wildman–Crippen MR) is 133 cm³/mol. The van der Waals surface area contributed by atoms with Crippen LogP contribution in [-0.4, -0.2) is 59.1 Å². The molecule has 0 bridgehead atoms. The van der Waals surface area contributed by atoms with E-state index in [-0.39, 0.29) is 24.9 Å². The van der Waals surface area contributed by atoms with Crippen LogP contribution in [0.3, 0.4) is 0 Å². The second-order valence-corrected chi connectivity index (χ2v) is 7.20. The van der Waals surface area contributed by atoms with Crippen molar-refractivity contribution in [3.8, 4) is 23.0 Å². The Bertz CT molecular complexity index is 1130. The van der Waals surface area contributed by atoms with Crippen LogP contribution in [0, 0.1) is 0 Å². The van der Waals surface area contributed by atoms with E-state index in [0.717, 1.165) is 5.56 Å². The number of ether oxygens (including phenoxy) is 7. The van der Waals surface area contributed by atoms with Crippen molar-refractivity contribution in [3.63, 3.8) is 0 Å². The second kappa shape index (κ2) is 15.7. The van der Waals surface area contributed by atoms with Gasteiger partial charge < -0.3 is 38.3 Å². The fourth-order valence-corrected chi connectivity index (χ4v) is 2.89. The van der Waals surface area contributed by atoms with E-state index in [2.05, 4.69) is 4.74 Å². The van der Waals surface area contributed by atoms with E-state index in [1.807, 2.05) is 30.3 Å². The van der Waals surface area contributed by atoms with Crippen molar-refractivity contribution in [1.29, 1.82) is 0 Å². The van der Waals surface area contributed by atoms with Crippen molar-refractivity contribution in [2.24, 2.45) is 0 Å². The maximum atomic E-state index is 11.8. The zero-order chi connectivity index (χ0) is 27.0. The van der Waals surface area contributed by atoms with Crippen molar-refractivity contribution in [2.45, 2.75) is 6.61 Å². The molecule has 0 heterocycles. The summed E-state index contributed by atoms with van der Waals surface area (Å²) in [4.78, 5) is 23.1. The number of benzene rings is 3. The first kappa shape index (κ1) is 29.0. The Morgan fingerprint density at radius 2 is 1.22 bits per heavy atom. The van der Waals surface area contributed by atoms with E-state index >= 15 is 0 Å². The summed E-state index contributed by atoms with van der Waals surface area (Å²) in [5.74, 6) is 0.171. The molecule has 3 aromatic carbocycles. The molecule has 0 saturated heterocycles. The maximum Gasteiger partial charge on any atom is 0.341 e. The standard InChI is InChI=1S/C17H18O5.C10H12O5/c1-19-12-22-16-9-8-14(10-15(16)17(18)20-2)21-11-13-6-4-3-5-7-13;1-13-6-15-9-4-3-7(11)5-8(9)10(12)14-2/h3-10H,11-12H2,1-2H3;3-5,11H,6H2,1-2H3. The summed E-state index contributed by atoms with van der Waals surface area (Å²) in [5, 5.41) is 9.21. The molecule has 0 unspecified atom stereocenters. The van der Waals surface area contributed by atoms with Gasteiger partial charge in [-0.05, 0) is 42.0 Å². The molecule has 10 nitrogen and oxygen atoms in total. The minimum atomic E-state index is -0.572. The topological polar surface area (TPSA) is 119 Å². The number of esters is 2. The molecular weight excluding hydrogens is 484 g/mol. The van der Waals surface area contributed by atoms with E-state index in [0.29, 0.717) is 29.4 Å². The summed E-state index contributed by atoms with van der Waals surface area (Å²) in [7, 11) is 5.56. The van der Waals surface area contributed by atoms with Crippen LogP contribution in [0.1, 0.15) is 26.3 Å². The van der Waals surface area contributed by atoms with Crippen molar-refractivity contribution in [2.75, 3.05) is 42.0 Å². The molecule has 37 heavy (non-hydrogen) atoms. The molecule has 0 aliphatic heterocycles. The summed E-state index contributed by atoms with van der Waals surface area (Å²) < 4.78 is 35.0. The van der Waals surface area contributed by atoms with E-state index in [1.165, 1.54) is 46.6 Å². The molecule has 1 N–H and O–H groups in total. The van der Waals surface area contributed by atoms with E-state index in [9.17, 15) is 14.7 Å². The number of aromatic hydroxyl groups is 1. The summed E-state index contributed by atoms with van der Waals surface area (Å²) >= 11 is 0. The molecule has 0 aliphatic rings. The average Bonchev–Trinajstić information content (AvgIpc) is 2.94. The van der Waals surface area contributed by atoms with Gasteiger partial charge in [-0.2, -0.15) is 0 Å². The Hall–Kier alpha value is -4.28. The Morgan fingerprint density at radius 3 is 1.76 bits per heavy atom. The number of rotatable bonds is 11. The van der Waals surface area contributed by atoms with Gasteiger partial charge in [0.25, 0.3) is 0 Å². The third-order valence-corrected chi connectivity index (χ3v) is 4.64. The highest BCUT2D eigenvalue weighted by Crippen LogP contribution is 2.26. The largest absolute Gasteiger partial charge is 0.508 e. The van der Waals surface area contributed by atoms with Crippen molar-refractivity contribution < 1.29 is 47.9 Å². The van der Waals surface area contributed by atoms with Gasteiger partial charge in [0.05, 0.1) is 14.2 Å². The van der Waals surface area contributed by atoms with Gasteiger partial charge in [0.15, 0.2) is 13.6 Å². The van der Waals surface area contributed by atoms with Gasteiger partial charge in [-0.25, -0.2) is 9.59 Å². The highest BCUT2D eigenvalue weighted by atomic mass is 16.7. The minimum Gasteiger partial charge on any atom is -0.508 e. The molecule has 198 valence electrons. The van der Waals surface area contributed by atoms with Crippen LogP contribution in [-0.2, 0) is 25.6 Å². The molecule has 0 fully saturated rings. The van der Waals surface area contributed by atoms with Crippen LogP contribution in [0.15, 0.2) is 66.7 Å². The lowest BCUT2D eigenvalue weighted by Crippen LogP contribution is -2.08. The molecule has 0 amide bonds. The molecule has 0 aliphatic carbocycles. The zero-order valence-corrected chi connectivity index (χ0v) is 21.1. The quantitative estimate of drug-likeness (QED) is 0.295. The Labute approximate surface area is 215 Å². The fraction of sp³-hybridized carbons (Fsp3) is 0.259. The molecule has 0 spiro atoms. The third-order valence-electron chi connectivity index (χ3n) is 4.64. The summed E-state index contributed by atoms with van der Waals surface area (Å²) in [6, 6.07) is 18.9. The summed E-state index contributed by atoms with van der Waals surface area (Å²) in [6.45, 7) is 0.489. The second-order valence-electron chi connectivity index (χ2n) is 7.20. The predicted octanol–water partition coefficient (Wildman–Crippen LogP) is 4.20. The van der Waals surface area contributed by atoms with Crippen molar-refractivity contribution in [3.05, 3.63) is 83.4 Å². The first-order valence-corrected chi connectivity index (χ1v) is 11.0. The normalized spacial score (nSPS) is 9.95. The molecule has 0 saturated carbocycles. The molecule has 0 aromatic heterocycles. The van der Waals surface area contributed by atoms with Gasteiger partial charge in [0.2, 0.25) is 0 Å². The van der Waals surface area contributed by atoms with E-state index in [4.69, 9.17) is 28.4 Å². The minimum absolute atomic E-state index is 0.0226. The first-order chi connectivity index (χ1) is 17.9. The first-order valence-electron chi connectivity index (χ1n) is 11.0. The number of phenolic OH excluding ortho intramolecular Hbond substituents is 1. The summed E-state index contributed by atoms with van der Waals surface area (Å²) in [6.07, 6.45) is 0. The molecule has 10 heteroatoms. The monoisotopic (exact) mass is 514 g/mol. The van der Waals surface area contributed by atoms with Crippen LogP contribution in [0.2, 0.25) is 0 Å². The van der Waals surface area contributed by atoms with Gasteiger partial charge in [0.1, 0.15) is 40.7 Å². The van der Waals surface area contributed by atoms with E-state index in [1.54, 1.807) is 18.2 Å². The van der Waals surface area contributed by atoms with Crippen LogP contribution in [0.5, 0.6) is 23.0 Å². The number of methoxy groups -OCH3 is 4. The molecule has 0 atom stereocenters. The smallest absolute Gasteiger partial charge is 0.341 e. The summed E-state index contributed by atoms with van der Waals surface area (Å²) in [5.41, 5.74) is 1.50. The van der Waals surface area contributed by atoms with Crippen LogP contribution in [0.4, 0.5) is 0 Å². The highest BCUT2D eigenvalue weighted by molar-refractivity contribution is 5.93. The molecular formula is C27H30O10. The van der Waals surface area contributed by atoms with Gasteiger partial charge in [0, 0.05) is 14.2 Å². The number of phenols is 1. The third kappa shape index (κ3) is 9.36. The van der Waals surface area contributed by atoms with Gasteiger partial charge >= 0.3 is 11.9 Å². The number of hydrogen-bond acceptors (Lipinski definition) is 10. The molecule has 3 aromatic rings. The fourth-order valence-electron chi connectivity index (χ4n) is 2.89. The number of carbonyl (C=O) groups is 2. The molecule has 3 rings (SSSR count). The molecule has 0 radical (unpaired) electrons. The van der Waals surface area contributed by atoms with Crippen molar-refractivity contribution in [1.82, 2.24) is 0 Å². The van der Waals surface area contributed by atoms with E-state index < -0.39 is 11.9 Å². The lowest BCUT2D eigenvalue weighted by molar-refractivity contribution is 0.0457. The highest BCUT2D eigenvalue weighted by Gasteiger charge is 2.15. The lowest BCUT2D eigenvalue weighted by atomic mass is 10.2. The van der Waals surface area contributed by atoms with Gasteiger partial charge in [-0.15, -0.1) is 0 Å². The lowest BCUT2D eigenvalue weighted by Gasteiger charge is -2.12. The van der Waals surface area contributed by atoms with Crippen LogP contribution < -0.4 is 14.2 Å². The Morgan fingerprint density at radius 1 is 0.676 bits per heavy atom. The van der Waals surface area contributed by atoms with Crippen LogP contribution in [0.25, 0.3) is 0 Å². The SMILES string of the molecule is COCOc1ccc(O)cc1C(=O)OC.COCOc1ccc(OCc2ccccc2)cc1C(=O)OC. The maximum absolute atomic E-state index is 11.8. The van der Waals surface area contributed by atoms with Crippen LogP contribution >= 0.6 is 0 Å². The van der Waals surface area contributed by atoms with Gasteiger partial charge in [-0.1, -0.05) is 30.3 Å². The van der Waals surface area contributed by atoms with Gasteiger partial charge in [-0.3, -0.25) is 0 Å². The Balaban J connectivity index is 0.000000281.